The van der Waals surface area contributed by atoms with Crippen molar-refractivity contribution in [1.29, 1.82) is 0 Å². The summed E-state index contributed by atoms with van der Waals surface area (Å²) >= 11 is 0. The second-order valence-electron chi connectivity index (χ2n) is 28.4. The van der Waals surface area contributed by atoms with Crippen LogP contribution in [0.2, 0.25) is 0 Å². The molecule has 6 fully saturated rings. The molecule has 0 amide bonds. The molecule has 2 heteroatoms. The van der Waals surface area contributed by atoms with Gasteiger partial charge in [0.15, 0.2) is 0 Å². The minimum absolute atomic E-state index is 0.0771. The number of hydrogen-bond acceptors (Lipinski definition) is 2. The van der Waals surface area contributed by atoms with Gasteiger partial charge in [0.2, 0.25) is 0 Å². The molecule has 6 heterocycles. The molecule has 12 atom stereocenters. The lowest BCUT2D eigenvalue weighted by Crippen LogP contribution is -2.71. The van der Waals surface area contributed by atoms with E-state index in [4.69, 9.17) is 0 Å². The molecule has 0 N–H and O–H groups in total. The summed E-state index contributed by atoms with van der Waals surface area (Å²) in [5.74, 6) is 3.70. The van der Waals surface area contributed by atoms with E-state index in [9.17, 15) is 0 Å². The van der Waals surface area contributed by atoms with Crippen molar-refractivity contribution in [3.8, 4) is 0 Å². The van der Waals surface area contributed by atoms with E-state index in [0.29, 0.717) is 35.8 Å². The van der Waals surface area contributed by atoms with E-state index in [0.717, 1.165) is 44.1 Å². The third kappa shape index (κ3) is 5.83. The SMILES string of the molecule is C=C/C=C1\C2=C(C)C3CC[C@@H](C)[C@@]4(C)C3N2C2=C(C[C@H](Cc3cccc(C5=CC(C)C(C)(C)C6(C)CCCC7C6N6CC(=C5)C(C)(C)[C@@]5(C)CCCC7[C@@]65C)c3/C=C\CCC)C=C2C1(C)C)C4(C)C. The summed E-state index contributed by atoms with van der Waals surface area (Å²) in [7, 11) is 0. The number of unbranched alkanes of at least 4 members (excludes halogenated alkanes) is 1. The number of nitrogens with zero attached hydrogens (tertiary/aromatic N) is 2. The van der Waals surface area contributed by atoms with E-state index in [1.165, 1.54) is 84.9 Å². The highest BCUT2D eigenvalue weighted by Crippen LogP contribution is 2.75. The standard InChI is InChI=1S/C67H94N2/c1-18-20-21-27-49-45(36-44-37-54-57-55(38-44)63(12,13)66(16)41(3)31-32-48-43(5)56(69(57)59(48)66)53(25-19-2)60(54,6)7)26-22-28-50(49)46-35-42(4)61(8,9)64(14)33-23-29-51-52-30-24-34-65(15)62(10,11)47(39-46)40-68(58(51)64)67(52,65)17/h19,21-22,25-28,35,37,39,41-42,44,48,51-52,58-59H,2,18,20,23-24,29-34,36,38,40H2,1,3-17H3/b27-21-,46-35?,47-39?,53-25+/t41-,42?,44-,48?,51?,52?,58?,59?,64?,65-,66+,67-/m1/s1. The fraction of sp³-hybridized carbons (Fsp3) is 0.672. The van der Waals surface area contributed by atoms with Gasteiger partial charge < -0.3 is 4.90 Å². The van der Waals surface area contributed by atoms with Gasteiger partial charge in [-0.05, 0) is 178 Å². The van der Waals surface area contributed by atoms with Gasteiger partial charge in [-0.25, -0.2) is 0 Å². The Hall–Kier alpha value is -3.10. The summed E-state index contributed by atoms with van der Waals surface area (Å²) in [6.45, 7) is 47.6. The van der Waals surface area contributed by atoms with Crippen molar-refractivity contribution in [3.63, 3.8) is 0 Å². The molecular weight excluding hydrogens is 833 g/mol. The summed E-state index contributed by atoms with van der Waals surface area (Å²) in [4.78, 5) is 6.16. The van der Waals surface area contributed by atoms with Crippen molar-refractivity contribution in [3.05, 3.63) is 117 Å². The van der Waals surface area contributed by atoms with Gasteiger partial charge in [-0.2, -0.15) is 0 Å². The Bertz CT molecular complexity index is 2590. The first kappa shape index (κ1) is 48.2. The van der Waals surface area contributed by atoms with E-state index >= 15 is 0 Å². The topological polar surface area (TPSA) is 6.48 Å². The number of hydrogen-bond donors (Lipinski definition) is 0. The van der Waals surface area contributed by atoms with Crippen molar-refractivity contribution >= 4 is 11.6 Å². The monoisotopic (exact) mass is 927 g/mol. The van der Waals surface area contributed by atoms with Crippen LogP contribution in [0.15, 0.2) is 100 Å². The molecule has 0 aromatic heterocycles. The van der Waals surface area contributed by atoms with Gasteiger partial charge in [0.25, 0.3) is 0 Å². The molecular formula is C67H94N2. The first-order valence-electron chi connectivity index (χ1n) is 28.7. The van der Waals surface area contributed by atoms with Crippen molar-refractivity contribution in [2.45, 2.75) is 205 Å². The molecule has 0 radical (unpaired) electrons. The minimum atomic E-state index is -0.119. The van der Waals surface area contributed by atoms with Gasteiger partial charge >= 0.3 is 0 Å². The zero-order valence-corrected chi connectivity index (χ0v) is 46.7. The van der Waals surface area contributed by atoms with Crippen molar-refractivity contribution in [1.82, 2.24) is 9.80 Å². The fourth-order valence-electron chi connectivity index (χ4n) is 19.8. The van der Waals surface area contributed by atoms with E-state index in [-0.39, 0.29) is 43.4 Å². The largest absolute Gasteiger partial charge is 0.337 e. The van der Waals surface area contributed by atoms with Gasteiger partial charge in [0.1, 0.15) is 0 Å². The number of benzene rings is 1. The first-order chi connectivity index (χ1) is 32.4. The summed E-state index contributed by atoms with van der Waals surface area (Å²) < 4.78 is 0. The second kappa shape index (κ2) is 15.5. The summed E-state index contributed by atoms with van der Waals surface area (Å²) in [6, 6.07) is 8.63. The normalized spacial score (nSPS) is 42.6. The molecule has 4 aliphatic carbocycles. The van der Waals surface area contributed by atoms with Gasteiger partial charge in [-0.15, -0.1) is 0 Å². The van der Waals surface area contributed by atoms with Crippen LogP contribution in [0.25, 0.3) is 11.6 Å². The Kier molecular flexibility index (Phi) is 10.8. The molecule has 1 aromatic rings. The summed E-state index contributed by atoms with van der Waals surface area (Å²) in [6.07, 6.45) is 33.3. The van der Waals surface area contributed by atoms with Crippen molar-refractivity contribution in [2.24, 2.45) is 73.4 Å². The van der Waals surface area contributed by atoms with Crippen LogP contribution in [0.4, 0.5) is 0 Å². The van der Waals surface area contributed by atoms with Crippen LogP contribution in [0.5, 0.6) is 0 Å². The predicted octanol–water partition coefficient (Wildman–Crippen LogP) is 17.5. The maximum atomic E-state index is 4.32. The molecule has 6 aliphatic heterocycles. The van der Waals surface area contributed by atoms with Crippen LogP contribution in [0.3, 0.4) is 0 Å². The molecule has 372 valence electrons. The summed E-state index contributed by atoms with van der Waals surface area (Å²) in [5.41, 5.74) is 18.1. The molecule has 0 spiro atoms. The third-order valence-electron chi connectivity index (χ3n) is 25.4. The maximum absolute atomic E-state index is 4.32. The Labute approximate surface area is 422 Å². The maximum Gasteiger partial charge on any atom is 0.0472 e. The van der Waals surface area contributed by atoms with E-state index in [2.05, 4.69) is 188 Å². The number of allylic oxidation sites excluding steroid dienone is 10. The van der Waals surface area contributed by atoms with Gasteiger partial charge in [0, 0.05) is 52.3 Å². The number of fused-ring (bicyclic) bond motifs is 2. The van der Waals surface area contributed by atoms with E-state index < -0.39 is 0 Å². The lowest BCUT2D eigenvalue weighted by atomic mass is 9.44. The quantitative estimate of drug-likeness (QED) is 0.269. The Morgan fingerprint density at radius 3 is 2.29 bits per heavy atom. The van der Waals surface area contributed by atoms with Crippen LogP contribution < -0.4 is 0 Å². The van der Waals surface area contributed by atoms with Crippen LogP contribution >= 0.6 is 0 Å². The minimum Gasteiger partial charge on any atom is -0.337 e. The van der Waals surface area contributed by atoms with Gasteiger partial charge in [-0.1, -0.05) is 184 Å². The molecule has 2 bridgehead atoms. The Balaban J connectivity index is 1.07. The molecule has 1 aromatic carbocycles. The zero-order chi connectivity index (χ0) is 49.4. The zero-order valence-electron chi connectivity index (χ0n) is 46.7. The van der Waals surface area contributed by atoms with Crippen molar-refractivity contribution < 1.29 is 0 Å². The van der Waals surface area contributed by atoms with Crippen LogP contribution in [-0.4, -0.2) is 34.0 Å². The van der Waals surface area contributed by atoms with E-state index in [1.54, 1.807) is 28.0 Å². The van der Waals surface area contributed by atoms with Crippen LogP contribution in [0, 0.1) is 73.4 Å². The van der Waals surface area contributed by atoms with Crippen LogP contribution in [0.1, 0.15) is 198 Å². The fourth-order valence-corrected chi connectivity index (χ4v) is 19.8. The molecule has 3 saturated heterocycles. The van der Waals surface area contributed by atoms with E-state index in [1.807, 2.05) is 0 Å². The highest BCUT2D eigenvalue weighted by Gasteiger charge is 2.74. The molecule has 2 nitrogen and oxygen atoms in total. The smallest absolute Gasteiger partial charge is 0.0472 e. The van der Waals surface area contributed by atoms with Crippen LogP contribution in [-0.2, 0) is 6.42 Å². The van der Waals surface area contributed by atoms with Gasteiger partial charge in [-0.3, -0.25) is 4.90 Å². The Morgan fingerprint density at radius 2 is 1.57 bits per heavy atom. The highest BCUT2D eigenvalue weighted by molar-refractivity contribution is 5.82. The molecule has 10 aliphatic rings. The molecule has 3 saturated carbocycles. The number of rotatable bonds is 7. The average molecular weight is 928 g/mol. The first-order valence-corrected chi connectivity index (χ1v) is 28.7. The lowest BCUT2D eigenvalue weighted by molar-refractivity contribution is -0.153. The number of piperidine rings is 2. The molecule has 11 rings (SSSR count). The molecule has 69 heavy (non-hydrogen) atoms. The lowest BCUT2D eigenvalue weighted by Gasteiger charge is -2.68. The highest BCUT2D eigenvalue weighted by atomic mass is 15.3. The predicted molar refractivity (Wildman–Crippen MR) is 294 cm³/mol. The second-order valence-corrected chi connectivity index (χ2v) is 28.4. The summed E-state index contributed by atoms with van der Waals surface area (Å²) in [5, 5.41) is 0. The average Bonchev–Trinajstić information content (AvgIpc) is 3.73. The third-order valence-corrected chi connectivity index (χ3v) is 25.4. The van der Waals surface area contributed by atoms with Gasteiger partial charge in [0.05, 0.1) is 0 Å². The Morgan fingerprint density at radius 1 is 0.826 bits per heavy atom. The molecule has 7 unspecified atom stereocenters. The van der Waals surface area contributed by atoms with Crippen molar-refractivity contribution in [2.75, 3.05) is 6.54 Å².